The van der Waals surface area contributed by atoms with Crippen LogP contribution in [0, 0.1) is 18.7 Å². The van der Waals surface area contributed by atoms with Gasteiger partial charge in [-0.05, 0) is 67.6 Å². The van der Waals surface area contributed by atoms with E-state index < -0.39 is 40.2 Å². The summed E-state index contributed by atoms with van der Waals surface area (Å²) in [5.41, 5.74) is 0.694. The number of aromatic nitrogens is 1. The molecule has 1 aliphatic carbocycles. The van der Waals surface area contributed by atoms with Crippen LogP contribution < -0.4 is 9.47 Å². The molecule has 39 heavy (non-hydrogen) atoms. The van der Waals surface area contributed by atoms with Gasteiger partial charge in [-0.25, -0.2) is 9.37 Å². The number of ether oxygens (including phenoxy) is 2. The predicted molar refractivity (Wildman–Crippen MR) is 140 cm³/mol. The van der Waals surface area contributed by atoms with E-state index in [2.05, 4.69) is 4.98 Å². The average Bonchev–Trinajstić information content (AvgIpc) is 3.72. The molecule has 0 amide bonds. The van der Waals surface area contributed by atoms with Crippen molar-refractivity contribution >= 4 is 16.8 Å². The molecule has 1 aromatic heterocycles. The molecule has 0 bridgehead atoms. The van der Waals surface area contributed by atoms with Crippen LogP contribution in [0.4, 0.5) is 17.6 Å². The van der Waals surface area contributed by atoms with E-state index in [0.29, 0.717) is 23.5 Å². The zero-order chi connectivity index (χ0) is 28.6. The van der Waals surface area contributed by atoms with Gasteiger partial charge < -0.3 is 14.6 Å². The van der Waals surface area contributed by atoms with Gasteiger partial charge in [0.15, 0.2) is 0 Å². The van der Waals surface area contributed by atoms with Crippen molar-refractivity contribution in [2.75, 3.05) is 18.6 Å². The molecule has 0 spiro atoms. The summed E-state index contributed by atoms with van der Waals surface area (Å²) in [6.07, 6.45) is 0.206. The Bertz CT molecular complexity index is 1310. The second-order valence-corrected chi connectivity index (χ2v) is 10.6. The molecule has 11 heteroatoms. The fourth-order valence-corrected chi connectivity index (χ4v) is 3.95. The summed E-state index contributed by atoms with van der Waals surface area (Å²) in [7, 11) is -1.06. The van der Waals surface area contributed by atoms with Crippen LogP contribution in [0.1, 0.15) is 36.0 Å². The van der Waals surface area contributed by atoms with Gasteiger partial charge in [0, 0.05) is 40.1 Å². The van der Waals surface area contributed by atoms with E-state index in [0.717, 1.165) is 24.5 Å². The first-order valence-electron chi connectivity index (χ1n) is 12.1. The zero-order valence-corrected chi connectivity index (χ0v) is 22.3. The largest absolute Gasteiger partial charge is 0.489 e. The number of rotatable bonds is 10. The Labute approximate surface area is 226 Å². The normalized spacial score (nSPS) is 13.7. The highest BCUT2D eigenvalue weighted by Gasteiger charge is 2.36. The van der Waals surface area contributed by atoms with Gasteiger partial charge >= 0.3 is 12.1 Å². The lowest BCUT2D eigenvalue weighted by atomic mass is 10.0. The van der Waals surface area contributed by atoms with Crippen LogP contribution in [0.5, 0.6) is 11.6 Å². The number of carboxylic acid groups (broad SMARTS) is 1. The number of benzene rings is 2. The molecule has 0 radical (unpaired) electrons. The summed E-state index contributed by atoms with van der Waals surface area (Å²) < 4.78 is 77.1. The molecule has 3 aromatic rings. The number of hydrogen-bond acceptors (Lipinski definition) is 5. The van der Waals surface area contributed by atoms with Crippen molar-refractivity contribution in [3.8, 4) is 22.8 Å². The minimum Gasteiger partial charge on any atom is -0.489 e. The van der Waals surface area contributed by atoms with Crippen LogP contribution in [0.3, 0.4) is 0 Å². The van der Waals surface area contributed by atoms with Crippen molar-refractivity contribution in [2.24, 2.45) is 5.92 Å². The smallest absolute Gasteiger partial charge is 0.421 e. The molecule has 1 unspecified atom stereocenters. The number of hydrogen-bond donors (Lipinski definition) is 1. The van der Waals surface area contributed by atoms with E-state index in [-0.39, 0.29) is 30.3 Å². The maximum absolute atomic E-state index is 14.3. The SMILES string of the molecule is Cc1cccc(OCc2cc(-c3cnc(OCCCS(C)=O)c(C(F)(F)F)c3)ccc2F)c1.O=C(O)C1CC1. The van der Waals surface area contributed by atoms with Gasteiger partial charge in [0.1, 0.15) is 23.7 Å². The monoisotopic (exact) mass is 567 g/mol. The molecule has 4 rings (SSSR count). The molecule has 1 heterocycles. The summed E-state index contributed by atoms with van der Waals surface area (Å²) in [5, 5.41) is 8.05. The number of halogens is 4. The van der Waals surface area contributed by atoms with Crippen LogP contribution in [0.25, 0.3) is 11.1 Å². The average molecular weight is 568 g/mol. The van der Waals surface area contributed by atoms with Gasteiger partial charge in [0.2, 0.25) is 5.88 Å². The Hall–Kier alpha value is -3.47. The van der Waals surface area contributed by atoms with Crippen LogP contribution in [-0.4, -0.2) is 38.9 Å². The third kappa shape index (κ3) is 9.65. The second kappa shape index (κ2) is 13.5. The molecule has 210 valence electrons. The molecule has 1 saturated carbocycles. The van der Waals surface area contributed by atoms with Crippen LogP contribution in [0.15, 0.2) is 54.7 Å². The van der Waals surface area contributed by atoms with Gasteiger partial charge in [-0.3, -0.25) is 9.00 Å². The molecular formula is C28H29F4NO5S. The molecule has 1 N–H and O–H groups in total. The van der Waals surface area contributed by atoms with Crippen LogP contribution in [0.2, 0.25) is 0 Å². The number of carboxylic acids is 1. The van der Waals surface area contributed by atoms with Crippen molar-refractivity contribution in [2.45, 2.75) is 39.0 Å². The first kappa shape index (κ1) is 30.1. The van der Waals surface area contributed by atoms with Crippen molar-refractivity contribution < 1.29 is 41.1 Å². The highest BCUT2D eigenvalue weighted by molar-refractivity contribution is 7.84. The Morgan fingerprint density at radius 2 is 1.85 bits per heavy atom. The van der Waals surface area contributed by atoms with E-state index in [1.54, 1.807) is 12.1 Å². The highest BCUT2D eigenvalue weighted by Crippen LogP contribution is 2.37. The van der Waals surface area contributed by atoms with Gasteiger partial charge in [-0.1, -0.05) is 18.2 Å². The standard InChI is InChI=1S/C24H23F4NO3S.C4H6O2/c1-16-5-3-6-20(11-16)32-15-19-12-17(7-8-22(19)25)18-13-21(24(26,27)28)23(29-14-18)31-9-4-10-33(2)30;5-4(6)3-1-2-3/h3,5-8,11-14H,4,9-10,15H2,1-2H3;3H,1-2H2,(H,5,6). The molecule has 1 fully saturated rings. The number of alkyl halides is 3. The van der Waals surface area contributed by atoms with E-state index in [1.165, 1.54) is 30.7 Å². The molecule has 6 nitrogen and oxygen atoms in total. The lowest BCUT2D eigenvalue weighted by molar-refractivity contribution is -0.139. The Balaban J connectivity index is 0.000000617. The van der Waals surface area contributed by atoms with E-state index in [4.69, 9.17) is 14.6 Å². The summed E-state index contributed by atoms with van der Waals surface area (Å²) in [6, 6.07) is 12.2. The lowest BCUT2D eigenvalue weighted by Crippen LogP contribution is -2.12. The van der Waals surface area contributed by atoms with Crippen molar-refractivity contribution in [1.82, 2.24) is 4.98 Å². The molecule has 1 aliphatic rings. The molecule has 0 aliphatic heterocycles. The molecule has 0 saturated heterocycles. The third-order valence-electron chi connectivity index (χ3n) is 5.66. The quantitative estimate of drug-likeness (QED) is 0.225. The maximum atomic E-state index is 14.3. The van der Waals surface area contributed by atoms with Crippen molar-refractivity contribution in [3.63, 3.8) is 0 Å². The fraction of sp³-hybridized carbons (Fsp3) is 0.357. The van der Waals surface area contributed by atoms with E-state index >= 15 is 0 Å². The van der Waals surface area contributed by atoms with Crippen molar-refractivity contribution in [1.29, 1.82) is 0 Å². The topological polar surface area (TPSA) is 85.7 Å². The Kier molecular flexibility index (Phi) is 10.4. The third-order valence-corrected chi connectivity index (χ3v) is 6.52. The van der Waals surface area contributed by atoms with Gasteiger partial charge in [-0.2, -0.15) is 13.2 Å². The maximum Gasteiger partial charge on any atom is 0.421 e. The van der Waals surface area contributed by atoms with Crippen LogP contribution in [-0.2, 0) is 28.4 Å². The number of pyridine rings is 1. The number of aryl methyl sites for hydroxylation is 1. The predicted octanol–water partition coefficient (Wildman–Crippen LogP) is 6.42. The van der Waals surface area contributed by atoms with E-state index in [9.17, 15) is 26.6 Å². The zero-order valence-electron chi connectivity index (χ0n) is 21.5. The van der Waals surface area contributed by atoms with Crippen LogP contribution >= 0.6 is 0 Å². The lowest BCUT2D eigenvalue weighted by Gasteiger charge is -2.15. The van der Waals surface area contributed by atoms with Gasteiger partial charge in [0.25, 0.3) is 0 Å². The minimum atomic E-state index is -4.69. The highest BCUT2D eigenvalue weighted by atomic mass is 32.2. The minimum absolute atomic E-state index is 0.0185. The molecular weight excluding hydrogens is 538 g/mol. The molecule has 2 aromatic carbocycles. The number of carbonyl (C=O) groups is 1. The van der Waals surface area contributed by atoms with Gasteiger partial charge in [0.05, 0.1) is 12.5 Å². The second-order valence-electron chi connectivity index (χ2n) is 9.08. The Morgan fingerprint density at radius 1 is 1.10 bits per heavy atom. The Morgan fingerprint density at radius 3 is 2.44 bits per heavy atom. The summed E-state index contributed by atoms with van der Waals surface area (Å²) in [5.74, 6) is -0.793. The number of nitrogens with zero attached hydrogens (tertiary/aromatic N) is 1. The van der Waals surface area contributed by atoms with E-state index in [1.807, 2.05) is 19.1 Å². The first-order valence-corrected chi connectivity index (χ1v) is 13.9. The summed E-state index contributed by atoms with van der Waals surface area (Å²) >= 11 is 0. The summed E-state index contributed by atoms with van der Waals surface area (Å²) in [4.78, 5) is 13.6. The first-order chi connectivity index (χ1) is 18.4. The summed E-state index contributed by atoms with van der Waals surface area (Å²) in [6.45, 7) is 1.78. The van der Waals surface area contributed by atoms with Gasteiger partial charge in [-0.15, -0.1) is 0 Å². The molecule has 1 atom stereocenters. The van der Waals surface area contributed by atoms with Crippen molar-refractivity contribution in [3.05, 3.63) is 77.2 Å². The number of aliphatic carboxylic acids is 1. The fourth-order valence-electron chi connectivity index (χ4n) is 3.42.